The Bertz CT molecular complexity index is 867. The van der Waals surface area contributed by atoms with Crippen molar-refractivity contribution < 1.29 is 4.79 Å². The molecule has 2 aromatic heterocycles. The van der Waals surface area contributed by atoms with Gasteiger partial charge in [-0.3, -0.25) is 4.79 Å². The summed E-state index contributed by atoms with van der Waals surface area (Å²) >= 11 is 1.72. The Morgan fingerprint density at radius 2 is 2.20 bits per heavy atom. The van der Waals surface area contributed by atoms with Crippen LogP contribution in [0.25, 0.3) is 0 Å². The van der Waals surface area contributed by atoms with E-state index in [1.54, 1.807) is 22.3 Å². The number of thiophene rings is 1. The molecule has 3 aromatic rings. The summed E-state index contributed by atoms with van der Waals surface area (Å²) in [5, 5.41) is 9.13. The lowest BCUT2D eigenvalue weighted by atomic mass is 9.88. The van der Waals surface area contributed by atoms with Gasteiger partial charge in [-0.1, -0.05) is 19.1 Å². The van der Waals surface area contributed by atoms with E-state index in [0.717, 1.165) is 35.6 Å². The molecule has 0 bridgehead atoms. The number of nitrogens with zero attached hydrogens (tertiary/aromatic N) is 3. The first-order chi connectivity index (χ1) is 12.2. The third-order valence-corrected chi connectivity index (χ3v) is 5.72. The molecule has 4 rings (SSSR count). The molecule has 1 aliphatic rings. The number of aromatic nitrogens is 3. The molecule has 1 unspecified atom stereocenters. The molecule has 1 N–H and O–H groups in total. The quantitative estimate of drug-likeness (QED) is 0.778. The van der Waals surface area contributed by atoms with Gasteiger partial charge < -0.3 is 5.32 Å². The predicted molar refractivity (Wildman–Crippen MR) is 99.0 cm³/mol. The van der Waals surface area contributed by atoms with Gasteiger partial charge in [0, 0.05) is 15.9 Å². The molecule has 5 nitrogen and oxygen atoms in total. The van der Waals surface area contributed by atoms with Crippen molar-refractivity contribution >= 4 is 22.9 Å². The monoisotopic (exact) mass is 352 g/mol. The van der Waals surface area contributed by atoms with Gasteiger partial charge in [-0.25, -0.2) is 9.67 Å². The number of nitrogens with one attached hydrogen (secondary N) is 1. The Hall–Kier alpha value is -2.47. The van der Waals surface area contributed by atoms with Crippen LogP contribution in [0.2, 0.25) is 0 Å². The molecule has 1 amide bonds. The molecule has 25 heavy (non-hydrogen) atoms. The zero-order valence-electron chi connectivity index (χ0n) is 14.1. The number of carbonyl (C=O) groups excluding carboxylic acids is 1. The second kappa shape index (κ2) is 6.80. The fraction of sp³-hybridized carbons (Fsp3) is 0.316. The average Bonchev–Trinajstić information content (AvgIpc) is 3.25. The van der Waals surface area contributed by atoms with E-state index < -0.39 is 0 Å². The van der Waals surface area contributed by atoms with Gasteiger partial charge in [0.1, 0.15) is 12.7 Å². The Morgan fingerprint density at radius 1 is 1.36 bits per heavy atom. The molecule has 0 saturated carbocycles. The molecule has 0 fully saturated rings. The highest BCUT2D eigenvalue weighted by atomic mass is 32.1. The molecule has 0 aliphatic heterocycles. The summed E-state index contributed by atoms with van der Waals surface area (Å²) in [5.74, 6) is 0.718. The predicted octanol–water partition coefficient (Wildman–Crippen LogP) is 3.77. The van der Waals surface area contributed by atoms with Gasteiger partial charge in [-0.2, -0.15) is 5.10 Å². The van der Waals surface area contributed by atoms with Crippen LogP contribution in [0.4, 0.5) is 5.69 Å². The first kappa shape index (κ1) is 16.0. The molecule has 128 valence electrons. The van der Waals surface area contributed by atoms with Crippen molar-refractivity contribution in [2.24, 2.45) is 5.92 Å². The maximum Gasteiger partial charge on any atom is 0.256 e. The van der Waals surface area contributed by atoms with Crippen LogP contribution in [0.1, 0.15) is 39.7 Å². The van der Waals surface area contributed by atoms with Crippen LogP contribution in [0.15, 0.2) is 42.3 Å². The number of amides is 1. The Morgan fingerprint density at radius 3 is 2.96 bits per heavy atom. The highest BCUT2D eigenvalue weighted by Gasteiger charge is 2.23. The Balaban J connectivity index is 1.44. The maximum atomic E-state index is 12.6. The second-order valence-corrected chi connectivity index (χ2v) is 7.61. The van der Waals surface area contributed by atoms with E-state index >= 15 is 0 Å². The van der Waals surface area contributed by atoms with Crippen LogP contribution < -0.4 is 5.32 Å². The Kier molecular flexibility index (Phi) is 4.36. The minimum absolute atomic E-state index is 0.00363. The number of benzene rings is 1. The normalized spacial score (nSPS) is 16.4. The van der Waals surface area contributed by atoms with Crippen molar-refractivity contribution in [3.05, 3.63) is 63.9 Å². The lowest BCUT2D eigenvalue weighted by Gasteiger charge is -2.18. The Labute approximate surface area is 150 Å². The van der Waals surface area contributed by atoms with Crippen LogP contribution in [0.3, 0.4) is 0 Å². The van der Waals surface area contributed by atoms with Gasteiger partial charge in [-0.05, 0) is 48.4 Å². The van der Waals surface area contributed by atoms with E-state index in [-0.39, 0.29) is 5.91 Å². The highest BCUT2D eigenvalue weighted by molar-refractivity contribution is 7.10. The van der Waals surface area contributed by atoms with Crippen molar-refractivity contribution in [1.82, 2.24) is 14.8 Å². The standard InChI is InChI=1S/C19H20N4OS/c1-13-2-7-16-17(10-25-18(16)8-13)19(24)22-15-5-3-14(4-6-15)9-23-12-20-11-21-23/h3-6,10-13H,2,7-9H2,1H3,(H,22,24). The molecule has 1 aliphatic carbocycles. The number of hydrogen-bond donors (Lipinski definition) is 1. The van der Waals surface area contributed by atoms with E-state index in [9.17, 15) is 4.79 Å². The largest absolute Gasteiger partial charge is 0.322 e. The van der Waals surface area contributed by atoms with E-state index in [1.165, 1.54) is 23.2 Å². The third kappa shape index (κ3) is 3.49. The molecule has 1 atom stereocenters. The lowest BCUT2D eigenvalue weighted by Crippen LogP contribution is -2.16. The van der Waals surface area contributed by atoms with E-state index in [4.69, 9.17) is 0 Å². The minimum Gasteiger partial charge on any atom is -0.322 e. The topological polar surface area (TPSA) is 59.8 Å². The molecule has 0 radical (unpaired) electrons. The molecule has 6 heteroatoms. The SMILES string of the molecule is CC1CCc2c(C(=O)Nc3ccc(Cn4cncn4)cc3)csc2C1. The first-order valence-corrected chi connectivity index (χ1v) is 9.39. The summed E-state index contributed by atoms with van der Waals surface area (Å²) in [5.41, 5.74) is 4.03. The number of hydrogen-bond acceptors (Lipinski definition) is 4. The van der Waals surface area contributed by atoms with Gasteiger partial charge in [-0.15, -0.1) is 11.3 Å². The smallest absolute Gasteiger partial charge is 0.256 e. The van der Waals surface area contributed by atoms with Gasteiger partial charge in [0.2, 0.25) is 0 Å². The summed E-state index contributed by atoms with van der Waals surface area (Å²) in [6.45, 7) is 2.95. The van der Waals surface area contributed by atoms with E-state index in [1.807, 2.05) is 29.6 Å². The fourth-order valence-corrected chi connectivity index (χ4v) is 4.51. The van der Waals surface area contributed by atoms with Crippen molar-refractivity contribution in [2.75, 3.05) is 5.32 Å². The summed E-state index contributed by atoms with van der Waals surface area (Å²) in [6.07, 6.45) is 6.50. The maximum absolute atomic E-state index is 12.6. The summed E-state index contributed by atoms with van der Waals surface area (Å²) < 4.78 is 1.77. The number of fused-ring (bicyclic) bond motifs is 1. The number of rotatable bonds is 4. The highest BCUT2D eigenvalue weighted by Crippen LogP contribution is 2.33. The molecule has 1 aromatic carbocycles. The summed E-state index contributed by atoms with van der Waals surface area (Å²) in [7, 11) is 0. The van der Waals surface area contributed by atoms with Crippen molar-refractivity contribution in [3.63, 3.8) is 0 Å². The van der Waals surface area contributed by atoms with Crippen molar-refractivity contribution in [3.8, 4) is 0 Å². The zero-order chi connectivity index (χ0) is 17.2. The number of anilines is 1. The van der Waals surface area contributed by atoms with Crippen molar-refractivity contribution in [1.29, 1.82) is 0 Å². The minimum atomic E-state index is -0.00363. The molecular formula is C19H20N4OS. The van der Waals surface area contributed by atoms with Crippen LogP contribution in [0.5, 0.6) is 0 Å². The molecule has 0 saturated heterocycles. The average molecular weight is 352 g/mol. The van der Waals surface area contributed by atoms with Gasteiger partial charge in [0.25, 0.3) is 5.91 Å². The summed E-state index contributed by atoms with van der Waals surface area (Å²) in [4.78, 5) is 18.0. The van der Waals surface area contributed by atoms with Crippen LogP contribution in [-0.4, -0.2) is 20.7 Å². The lowest BCUT2D eigenvalue weighted by molar-refractivity contribution is 0.102. The fourth-order valence-electron chi connectivity index (χ4n) is 3.26. The second-order valence-electron chi connectivity index (χ2n) is 6.64. The van der Waals surface area contributed by atoms with Gasteiger partial charge >= 0.3 is 0 Å². The molecule has 2 heterocycles. The van der Waals surface area contributed by atoms with Crippen LogP contribution >= 0.6 is 11.3 Å². The number of carbonyl (C=O) groups is 1. The summed E-state index contributed by atoms with van der Waals surface area (Å²) in [6, 6.07) is 7.88. The first-order valence-electron chi connectivity index (χ1n) is 8.51. The van der Waals surface area contributed by atoms with Crippen LogP contribution in [0, 0.1) is 5.92 Å². The third-order valence-electron chi connectivity index (χ3n) is 4.67. The van der Waals surface area contributed by atoms with Gasteiger partial charge in [0.15, 0.2) is 0 Å². The van der Waals surface area contributed by atoms with Crippen LogP contribution in [-0.2, 0) is 19.4 Å². The zero-order valence-corrected chi connectivity index (χ0v) is 14.9. The van der Waals surface area contributed by atoms with E-state index in [2.05, 4.69) is 22.3 Å². The van der Waals surface area contributed by atoms with Gasteiger partial charge in [0.05, 0.1) is 12.1 Å². The van der Waals surface area contributed by atoms with Crippen molar-refractivity contribution in [2.45, 2.75) is 32.7 Å². The molecular weight excluding hydrogens is 332 g/mol. The molecule has 0 spiro atoms. The van der Waals surface area contributed by atoms with E-state index in [0.29, 0.717) is 6.54 Å².